The van der Waals surface area contributed by atoms with E-state index < -0.39 is 0 Å². The second-order valence-corrected chi connectivity index (χ2v) is 4.95. The fraction of sp³-hybridized carbons (Fsp3) is 0.625. The highest BCUT2D eigenvalue weighted by molar-refractivity contribution is 5.79. The molecular formula is C16H28N4. The molecule has 0 radical (unpaired) electrons. The number of aryl methyl sites for hydroxylation is 1. The zero-order valence-corrected chi connectivity index (χ0v) is 13.1. The van der Waals surface area contributed by atoms with Gasteiger partial charge in [0.1, 0.15) is 0 Å². The van der Waals surface area contributed by atoms with Gasteiger partial charge in [-0.05, 0) is 32.4 Å². The van der Waals surface area contributed by atoms with Crippen LogP contribution in [-0.2, 0) is 6.54 Å². The Labute approximate surface area is 123 Å². The maximum Gasteiger partial charge on any atom is 0.191 e. The van der Waals surface area contributed by atoms with Gasteiger partial charge in [-0.15, -0.1) is 0 Å². The Morgan fingerprint density at radius 1 is 1.15 bits per heavy atom. The molecule has 0 aliphatic heterocycles. The van der Waals surface area contributed by atoms with Crippen molar-refractivity contribution in [3.63, 3.8) is 0 Å². The minimum absolute atomic E-state index is 0.617. The number of pyridine rings is 1. The molecule has 4 heteroatoms. The molecule has 1 heterocycles. The lowest BCUT2D eigenvalue weighted by molar-refractivity contribution is 0.647. The Morgan fingerprint density at radius 3 is 2.70 bits per heavy atom. The van der Waals surface area contributed by atoms with E-state index in [0.717, 1.165) is 30.4 Å². The minimum Gasteiger partial charge on any atom is -0.357 e. The second kappa shape index (κ2) is 10.2. The SMILES string of the molecule is CCCCCCNC(=NCc1cccc(C)n1)NCC. The number of hydrogen-bond acceptors (Lipinski definition) is 2. The van der Waals surface area contributed by atoms with Gasteiger partial charge in [0, 0.05) is 18.8 Å². The number of aliphatic imine (C=N–C) groups is 1. The van der Waals surface area contributed by atoms with Crippen LogP contribution in [0.3, 0.4) is 0 Å². The van der Waals surface area contributed by atoms with Crippen LogP contribution in [0.4, 0.5) is 0 Å². The lowest BCUT2D eigenvalue weighted by Crippen LogP contribution is -2.37. The van der Waals surface area contributed by atoms with E-state index in [-0.39, 0.29) is 0 Å². The van der Waals surface area contributed by atoms with E-state index >= 15 is 0 Å². The van der Waals surface area contributed by atoms with Crippen LogP contribution >= 0.6 is 0 Å². The smallest absolute Gasteiger partial charge is 0.191 e. The van der Waals surface area contributed by atoms with Gasteiger partial charge >= 0.3 is 0 Å². The molecule has 0 saturated carbocycles. The molecule has 20 heavy (non-hydrogen) atoms. The van der Waals surface area contributed by atoms with Crippen molar-refractivity contribution in [2.24, 2.45) is 4.99 Å². The summed E-state index contributed by atoms with van der Waals surface area (Å²) in [5.41, 5.74) is 2.04. The van der Waals surface area contributed by atoms with E-state index in [1.165, 1.54) is 25.7 Å². The second-order valence-electron chi connectivity index (χ2n) is 4.95. The Kier molecular flexibility index (Phi) is 8.43. The van der Waals surface area contributed by atoms with E-state index in [1.54, 1.807) is 0 Å². The quantitative estimate of drug-likeness (QED) is 0.436. The van der Waals surface area contributed by atoms with Crippen LogP contribution in [0.2, 0.25) is 0 Å². The van der Waals surface area contributed by atoms with Gasteiger partial charge in [0.25, 0.3) is 0 Å². The Morgan fingerprint density at radius 2 is 2.00 bits per heavy atom. The molecule has 112 valence electrons. The molecule has 0 aliphatic carbocycles. The van der Waals surface area contributed by atoms with Crippen LogP contribution in [0.1, 0.15) is 50.9 Å². The van der Waals surface area contributed by atoms with Crippen molar-refractivity contribution in [2.45, 2.75) is 53.0 Å². The predicted molar refractivity (Wildman–Crippen MR) is 85.9 cm³/mol. The molecule has 2 N–H and O–H groups in total. The van der Waals surface area contributed by atoms with E-state index in [0.29, 0.717) is 6.54 Å². The Bertz CT molecular complexity index is 401. The lowest BCUT2D eigenvalue weighted by Gasteiger charge is -2.11. The standard InChI is InChI=1S/C16H28N4/c1-4-6-7-8-12-18-16(17-5-2)19-13-15-11-9-10-14(3)20-15/h9-11H,4-8,12-13H2,1-3H3,(H2,17,18,19). The van der Waals surface area contributed by atoms with Crippen LogP contribution in [0, 0.1) is 6.92 Å². The molecule has 1 aromatic rings. The van der Waals surface area contributed by atoms with Gasteiger partial charge in [-0.3, -0.25) is 4.98 Å². The number of aromatic nitrogens is 1. The molecule has 1 rings (SSSR count). The van der Waals surface area contributed by atoms with E-state index in [2.05, 4.69) is 34.5 Å². The summed E-state index contributed by atoms with van der Waals surface area (Å²) in [5, 5.41) is 6.65. The van der Waals surface area contributed by atoms with Crippen molar-refractivity contribution in [3.05, 3.63) is 29.6 Å². The predicted octanol–water partition coefficient (Wildman–Crippen LogP) is 3.03. The van der Waals surface area contributed by atoms with Crippen molar-refractivity contribution < 1.29 is 0 Å². The van der Waals surface area contributed by atoms with Gasteiger partial charge < -0.3 is 10.6 Å². The van der Waals surface area contributed by atoms with Crippen LogP contribution in [0.5, 0.6) is 0 Å². The van der Waals surface area contributed by atoms with Crippen molar-refractivity contribution in [3.8, 4) is 0 Å². The molecule has 0 atom stereocenters. The van der Waals surface area contributed by atoms with E-state index in [4.69, 9.17) is 0 Å². The number of unbranched alkanes of at least 4 members (excludes halogenated alkanes) is 3. The third-order valence-corrected chi connectivity index (χ3v) is 3.01. The van der Waals surface area contributed by atoms with Crippen molar-refractivity contribution in [1.29, 1.82) is 0 Å². The van der Waals surface area contributed by atoms with E-state index in [1.807, 2.05) is 25.1 Å². The monoisotopic (exact) mass is 276 g/mol. The molecule has 0 unspecified atom stereocenters. The number of nitrogens with zero attached hydrogens (tertiary/aromatic N) is 2. The van der Waals surface area contributed by atoms with Crippen molar-refractivity contribution >= 4 is 5.96 Å². The lowest BCUT2D eigenvalue weighted by atomic mass is 10.2. The highest BCUT2D eigenvalue weighted by Gasteiger charge is 1.98. The molecule has 0 aromatic carbocycles. The third-order valence-electron chi connectivity index (χ3n) is 3.01. The fourth-order valence-electron chi connectivity index (χ4n) is 1.95. The summed E-state index contributed by atoms with van der Waals surface area (Å²) in [5.74, 6) is 0.882. The van der Waals surface area contributed by atoms with Gasteiger partial charge in [-0.2, -0.15) is 0 Å². The maximum absolute atomic E-state index is 4.57. The Hall–Kier alpha value is -1.58. The number of rotatable bonds is 8. The summed E-state index contributed by atoms with van der Waals surface area (Å²) < 4.78 is 0. The van der Waals surface area contributed by atoms with Crippen molar-refractivity contribution in [1.82, 2.24) is 15.6 Å². The molecule has 1 aromatic heterocycles. The van der Waals surface area contributed by atoms with Gasteiger partial charge in [0.2, 0.25) is 0 Å². The minimum atomic E-state index is 0.617. The summed E-state index contributed by atoms with van der Waals surface area (Å²) in [6, 6.07) is 6.05. The van der Waals surface area contributed by atoms with Crippen LogP contribution in [0.15, 0.2) is 23.2 Å². The van der Waals surface area contributed by atoms with Crippen molar-refractivity contribution in [2.75, 3.05) is 13.1 Å². The molecule has 0 aliphatic rings. The largest absolute Gasteiger partial charge is 0.357 e. The van der Waals surface area contributed by atoms with Gasteiger partial charge in [0.05, 0.1) is 12.2 Å². The first-order chi connectivity index (χ1) is 9.76. The molecule has 0 spiro atoms. The first-order valence-corrected chi connectivity index (χ1v) is 7.71. The summed E-state index contributed by atoms with van der Waals surface area (Å²) in [7, 11) is 0. The zero-order valence-electron chi connectivity index (χ0n) is 13.1. The highest BCUT2D eigenvalue weighted by Crippen LogP contribution is 2.00. The average Bonchev–Trinajstić information content (AvgIpc) is 2.44. The first kappa shape index (κ1) is 16.5. The summed E-state index contributed by atoms with van der Waals surface area (Å²) in [6.45, 7) is 8.79. The molecule has 0 fully saturated rings. The third kappa shape index (κ3) is 7.12. The first-order valence-electron chi connectivity index (χ1n) is 7.71. The van der Waals surface area contributed by atoms with Crippen LogP contribution in [0.25, 0.3) is 0 Å². The fourth-order valence-corrected chi connectivity index (χ4v) is 1.95. The van der Waals surface area contributed by atoms with Gasteiger partial charge in [-0.1, -0.05) is 32.3 Å². The molecule has 4 nitrogen and oxygen atoms in total. The zero-order chi connectivity index (χ0) is 14.6. The van der Waals surface area contributed by atoms with Crippen LogP contribution < -0.4 is 10.6 Å². The molecule has 0 amide bonds. The number of nitrogens with one attached hydrogen (secondary N) is 2. The highest BCUT2D eigenvalue weighted by atomic mass is 15.2. The normalized spacial score (nSPS) is 11.4. The summed E-state index contributed by atoms with van der Waals surface area (Å²) >= 11 is 0. The average molecular weight is 276 g/mol. The number of hydrogen-bond donors (Lipinski definition) is 2. The van der Waals surface area contributed by atoms with Gasteiger partial charge in [0.15, 0.2) is 5.96 Å². The Balaban J connectivity index is 2.41. The molecule has 0 bridgehead atoms. The topological polar surface area (TPSA) is 49.3 Å². The summed E-state index contributed by atoms with van der Waals surface area (Å²) in [4.78, 5) is 9.04. The molecule has 0 saturated heterocycles. The number of guanidine groups is 1. The maximum atomic E-state index is 4.57. The molecular weight excluding hydrogens is 248 g/mol. The van der Waals surface area contributed by atoms with Gasteiger partial charge in [-0.25, -0.2) is 4.99 Å². The summed E-state index contributed by atoms with van der Waals surface area (Å²) in [6.07, 6.45) is 5.05. The van der Waals surface area contributed by atoms with E-state index in [9.17, 15) is 0 Å². The van der Waals surface area contributed by atoms with Crippen LogP contribution in [-0.4, -0.2) is 24.0 Å².